The lowest BCUT2D eigenvalue weighted by molar-refractivity contribution is -0.121. The van der Waals surface area contributed by atoms with Crippen LogP contribution in [0.4, 0.5) is 0 Å². The van der Waals surface area contributed by atoms with Gasteiger partial charge in [-0.1, -0.05) is 13.8 Å². The number of nitrogens with one attached hydrogen (secondary N) is 1. The van der Waals surface area contributed by atoms with Crippen LogP contribution in [0.15, 0.2) is 0 Å². The maximum atomic E-state index is 10.9. The van der Waals surface area contributed by atoms with E-state index in [0.717, 1.165) is 19.5 Å². The van der Waals surface area contributed by atoms with Crippen molar-refractivity contribution in [2.45, 2.75) is 33.6 Å². The zero-order valence-electron chi connectivity index (χ0n) is 9.68. The Hall–Kier alpha value is -0.570. The van der Waals surface area contributed by atoms with Gasteiger partial charge in [-0.25, -0.2) is 0 Å². The largest absolute Gasteiger partial charge is 0.356 e. The van der Waals surface area contributed by atoms with E-state index >= 15 is 0 Å². The summed E-state index contributed by atoms with van der Waals surface area (Å²) in [5, 5.41) is 2.76. The molecule has 0 aromatic rings. The topological polar surface area (TPSA) is 32.3 Å². The summed E-state index contributed by atoms with van der Waals surface area (Å²) in [6.07, 6.45) is 1.59. The lowest BCUT2D eigenvalue weighted by atomic mass is 10.3. The smallest absolute Gasteiger partial charge is 0.220 e. The molecule has 0 atom stereocenters. The highest BCUT2D eigenvalue weighted by molar-refractivity contribution is 5.75. The van der Waals surface area contributed by atoms with Crippen molar-refractivity contribution in [1.82, 2.24) is 10.2 Å². The highest BCUT2D eigenvalue weighted by Crippen LogP contribution is 1.89. The predicted octanol–water partition coefficient (Wildman–Crippen LogP) is 1.49. The SMILES string of the molecule is CC.CCNC(=O)CCCN(C)C. The number of hydrogen-bond acceptors (Lipinski definition) is 2. The molecule has 0 bridgehead atoms. The highest BCUT2D eigenvalue weighted by Gasteiger charge is 1.98. The molecule has 0 unspecified atom stereocenters. The summed E-state index contributed by atoms with van der Waals surface area (Å²) in [4.78, 5) is 13.0. The van der Waals surface area contributed by atoms with E-state index in [1.54, 1.807) is 0 Å². The Kier molecular flexibility index (Phi) is 13.1. The molecule has 80 valence electrons. The van der Waals surface area contributed by atoms with Crippen molar-refractivity contribution >= 4 is 5.91 Å². The summed E-state index contributed by atoms with van der Waals surface area (Å²) < 4.78 is 0. The van der Waals surface area contributed by atoms with Crippen LogP contribution in [-0.4, -0.2) is 38.0 Å². The molecule has 1 amide bonds. The molecule has 0 rings (SSSR count). The first kappa shape index (κ1) is 14.9. The number of carbonyl (C=O) groups excluding carboxylic acids is 1. The quantitative estimate of drug-likeness (QED) is 0.709. The summed E-state index contributed by atoms with van der Waals surface area (Å²) in [7, 11) is 4.02. The minimum Gasteiger partial charge on any atom is -0.356 e. The van der Waals surface area contributed by atoms with Crippen LogP contribution in [0, 0.1) is 0 Å². The Labute approximate surface area is 82.5 Å². The lowest BCUT2D eigenvalue weighted by Crippen LogP contribution is -2.23. The molecule has 0 saturated heterocycles. The van der Waals surface area contributed by atoms with Gasteiger partial charge < -0.3 is 10.2 Å². The Morgan fingerprint density at radius 3 is 2.23 bits per heavy atom. The van der Waals surface area contributed by atoms with Crippen molar-refractivity contribution in [3.05, 3.63) is 0 Å². The normalized spacial score (nSPS) is 9.08. The third kappa shape index (κ3) is 14.3. The fourth-order valence-corrected chi connectivity index (χ4v) is 0.841. The average molecular weight is 188 g/mol. The van der Waals surface area contributed by atoms with Crippen LogP contribution >= 0.6 is 0 Å². The van der Waals surface area contributed by atoms with E-state index < -0.39 is 0 Å². The molecular formula is C10H24N2O. The molecule has 0 fully saturated rings. The number of rotatable bonds is 5. The van der Waals surface area contributed by atoms with Gasteiger partial charge in [0.25, 0.3) is 0 Å². The fourth-order valence-electron chi connectivity index (χ4n) is 0.841. The molecule has 0 aromatic heterocycles. The van der Waals surface area contributed by atoms with Gasteiger partial charge in [-0.2, -0.15) is 0 Å². The van der Waals surface area contributed by atoms with Gasteiger partial charge in [-0.15, -0.1) is 0 Å². The van der Waals surface area contributed by atoms with Gasteiger partial charge in [-0.05, 0) is 34.0 Å². The number of nitrogens with zero attached hydrogens (tertiary/aromatic N) is 1. The minimum absolute atomic E-state index is 0.161. The number of hydrogen-bond donors (Lipinski definition) is 1. The molecule has 0 saturated carbocycles. The molecule has 0 radical (unpaired) electrons. The molecule has 0 aromatic carbocycles. The molecule has 0 aliphatic carbocycles. The Morgan fingerprint density at radius 1 is 1.31 bits per heavy atom. The second-order valence-corrected chi connectivity index (χ2v) is 2.86. The molecular weight excluding hydrogens is 164 g/mol. The van der Waals surface area contributed by atoms with Crippen molar-refractivity contribution in [1.29, 1.82) is 0 Å². The minimum atomic E-state index is 0.161. The van der Waals surface area contributed by atoms with E-state index in [-0.39, 0.29) is 5.91 Å². The zero-order valence-corrected chi connectivity index (χ0v) is 9.68. The van der Waals surface area contributed by atoms with Crippen LogP contribution in [0.5, 0.6) is 0 Å². The van der Waals surface area contributed by atoms with Gasteiger partial charge in [0.1, 0.15) is 0 Å². The average Bonchev–Trinajstić information content (AvgIpc) is 2.08. The van der Waals surface area contributed by atoms with Gasteiger partial charge in [0, 0.05) is 13.0 Å². The second kappa shape index (κ2) is 11.4. The lowest BCUT2D eigenvalue weighted by Gasteiger charge is -2.08. The summed E-state index contributed by atoms with van der Waals surface area (Å²) >= 11 is 0. The van der Waals surface area contributed by atoms with E-state index in [0.29, 0.717) is 6.42 Å². The molecule has 3 heteroatoms. The summed E-state index contributed by atoms with van der Waals surface area (Å²) in [5.41, 5.74) is 0. The monoisotopic (exact) mass is 188 g/mol. The van der Waals surface area contributed by atoms with Crippen molar-refractivity contribution in [3.8, 4) is 0 Å². The second-order valence-electron chi connectivity index (χ2n) is 2.86. The first-order valence-corrected chi connectivity index (χ1v) is 5.08. The van der Waals surface area contributed by atoms with Crippen LogP contribution in [0.25, 0.3) is 0 Å². The van der Waals surface area contributed by atoms with E-state index in [4.69, 9.17) is 0 Å². The number of carbonyl (C=O) groups is 1. The van der Waals surface area contributed by atoms with Crippen LogP contribution in [0.1, 0.15) is 33.6 Å². The summed E-state index contributed by atoms with van der Waals surface area (Å²) in [6, 6.07) is 0. The van der Waals surface area contributed by atoms with E-state index in [1.165, 1.54) is 0 Å². The highest BCUT2D eigenvalue weighted by atomic mass is 16.1. The molecule has 0 aliphatic heterocycles. The molecule has 0 heterocycles. The van der Waals surface area contributed by atoms with Crippen molar-refractivity contribution < 1.29 is 4.79 Å². The van der Waals surface area contributed by atoms with E-state index in [9.17, 15) is 4.79 Å². The van der Waals surface area contributed by atoms with Crippen molar-refractivity contribution in [3.63, 3.8) is 0 Å². The Morgan fingerprint density at radius 2 is 1.85 bits per heavy atom. The summed E-state index contributed by atoms with van der Waals surface area (Å²) in [6.45, 7) is 7.65. The first-order chi connectivity index (χ1) is 6.16. The maximum Gasteiger partial charge on any atom is 0.220 e. The third-order valence-electron chi connectivity index (χ3n) is 1.38. The first-order valence-electron chi connectivity index (χ1n) is 5.08. The zero-order chi connectivity index (χ0) is 10.7. The maximum absolute atomic E-state index is 10.9. The van der Waals surface area contributed by atoms with Gasteiger partial charge in [0.2, 0.25) is 5.91 Å². The van der Waals surface area contributed by atoms with Gasteiger partial charge in [0.15, 0.2) is 0 Å². The predicted molar refractivity (Wildman–Crippen MR) is 57.8 cm³/mol. The third-order valence-corrected chi connectivity index (χ3v) is 1.38. The van der Waals surface area contributed by atoms with Gasteiger partial charge in [0.05, 0.1) is 0 Å². The van der Waals surface area contributed by atoms with Crippen LogP contribution < -0.4 is 5.32 Å². The van der Waals surface area contributed by atoms with Crippen molar-refractivity contribution in [2.75, 3.05) is 27.2 Å². The van der Waals surface area contributed by atoms with E-state index in [1.807, 2.05) is 34.9 Å². The van der Waals surface area contributed by atoms with Crippen LogP contribution in [-0.2, 0) is 4.79 Å². The van der Waals surface area contributed by atoms with E-state index in [2.05, 4.69) is 10.2 Å². The molecule has 1 N–H and O–H groups in total. The van der Waals surface area contributed by atoms with Gasteiger partial charge >= 0.3 is 0 Å². The van der Waals surface area contributed by atoms with Crippen molar-refractivity contribution in [2.24, 2.45) is 0 Å². The standard InChI is InChI=1S/C8H18N2O.C2H6/c1-4-9-8(11)6-5-7-10(2)3;1-2/h4-7H2,1-3H3,(H,9,11);1-2H3. The van der Waals surface area contributed by atoms with Crippen LogP contribution in [0.2, 0.25) is 0 Å². The van der Waals surface area contributed by atoms with Gasteiger partial charge in [-0.3, -0.25) is 4.79 Å². The Balaban J connectivity index is 0. The fraction of sp³-hybridized carbons (Fsp3) is 0.900. The van der Waals surface area contributed by atoms with Crippen LogP contribution in [0.3, 0.4) is 0 Å². The molecule has 13 heavy (non-hydrogen) atoms. The molecule has 3 nitrogen and oxygen atoms in total. The Bertz CT molecular complexity index is 113. The molecule has 0 spiro atoms. The summed E-state index contributed by atoms with van der Waals surface area (Å²) in [5.74, 6) is 0.161. The molecule has 0 aliphatic rings. The number of amides is 1.